The number of nitrogens with one attached hydrogen (secondary N) is 2. The number of nitrogens with zero attached hydrogens (tertiary/aromatic N) is 2. The van der Waals surface area contributed by atoms with E-state index < -0.39 is 11.7 Å². The number of aliphatic imine (C=N–C) groups is 1. The highest BCUT2D eigenvalue weighted by Crippen LogP contribution is 2.23. The van der Waals surface area contributed by atoms with Crippen molar-refractivity contribution in [2.45, 2.75) is 0 Å². The molecule has 2 aromatic rings. The minimum absolute atomic E-state index is 0.00848. The normalized spacial score (nSPS) is 9.81. The molecule has 0 heterocycles. The second-order valence-corrected chi connectivity index (χ2v) is 5.41. The Balaban J connectivity index is 2.22. The first-order valence-corrected chi connectivity index (χ1v) is 7.93. The fourth-order valence-corrected chi connectivity index (χ4v) is 2.27. The molecule has 0 fully saturated rings. The third kappa shape index (κ3) is 5.34. The summed E-state index contributed by atoms with van der Waals surface area (Å²) >= 11 is 0. The minimum atomic E-state index is -0.538. The Kier molecular flexibility index (Phi) is 6.55. The Bertz CT molecular complexity index is 903. The lowest BCUT2D eigenvalue weighted by atomic mass is 10.1. The molecule has 0 saturated heterocycles. The molecule has 0 saturated carbocycles. The quantitative estimate of drug-likeness (QED) is 0.332. The number of anilines is 2. The molecule has 0 unspecified atom stereocenters. The summed E-state index contributed by atoms with van der Waals surface area (Å²) in [6.45, 7) is 0.701. The van der Waals surface area contributed by atoms with Gasteiger partial charge in [-0.2, -0.15) is 5.26 Å². The van der Waals surface area contributed by atoms with Crippen LogP contribution in [0.25, 0.3) is 0 Å². The number of rotatable bonds is 7. The van der Waals surface area contributed by atoms with Crippen molar-refractivity contribution in [1.82, 2.24) is 0 Å². The first-order valence-electron chi connectivity index (χ1n) is 7.93. The van der Waals surface area contributed by atoms with Crippen LogP contribution in [-0.4, -0.2) is 32.1 Å². The molecule has 1 amide bonds. The summed E-state index contributed by atoms with van der Waals surface area (Å²) in [5.41, 5.74) is 12.0. The van der Waals surface area contributed by atoms with E-state index in [0.29, 0.717) is 30.0 Å². The molecule has 2 rings (SSSR count). The zero-order chi connectivity index (χ0) is 19.8. The van der Waals surface area contributed by atoms with Crippen molar-refractivity contribution >= 4 is 23.2 Å². The van der Waals surface area contributed by atoms with Crippen LogP contribution in [0.15, 0.2) is 41.4 Å². The summed E-state index contributed by atoms with van der Waals surface area (Å²) in [5, 5.41) is 14.8. The maximum Gasteiger partial charge on any atom is 0.257 e. The maximum atomic E-state index is 13.5. The van der Waals surface area contributed by atoms with Crippen LogP contribution in [0.1, 0.15) is 15.9 Å². The van der Waals surface area contributed by atoms with Gasteiger partial charge in [-0.05, 0) is 30.3 Å². The number of amides is 1. The van der Waals surface area contributed by atoms with Crippen molar-refractivity contribution in [3.63, 3.8) is 0 Å². The molecule has 0 radical (unpaired) electrons. The number of hydrogen-bond donors (Lipinski definition) is 4. The smallest absolute Gasteiger partial charge is 0.257 e. The van der Waals surface area contributed by atoms with E-state index in [0.717, 1.165) is 0 Å². The molecular formula is C18H19FN6O2. The standard InChI is InChI=1S/C18H19FN6O2/c1-27-16-9-12(3-4-14(16)19)25-17(26)13-8-11(10-20)2-5-15(13)23-6-7-24-18(21)22/h2-5,8-9,23H,6-7H2,1H3,(H,25,26)(H4,21,22,24). The van der Waals surface area contributed by atoms with Crippen LogP contribution >= 0.6 is 0 Å². The number of ether oxygens (including phenoxy) is 1. The second kappa shape index (κ2) is 9.05. The molecule has 0 aliphatic rings. The maximum absolute atomic E-state index is 13.5. The van der Waals surface area contributed by atoms with Gasteiger partial charge in [0, 0.05) is 24.0 Å². The molecule has 0 aliphatic heterocycles. The van der Waals surface area contributed by atoms with E-state index in [9.17, 15) is 9.18 Å². The van der Waals surface area contributed by atoms with Gasteiger partial charge in [0.2, 0.25) is 0 Å². The van der Waals surface area contributed by atoms with Gasteiger partial charge < -0.3 is 26.8 Å². The summed E-state index contributed by atoms with van der Waals surface area (Å²) in [6.07, 6.45) is 0. The average molecular weight is 370 g/mol. The number of nitriles is 1. The first kappa shape index (κ1) is 19.5. The number of halogens is 1. The molecule has 0 bridgehead atoms. The van der Waals surface area contributed by atoms with E-state index in [-0.39, 0.29) is 17.3 Å². The van der Waals surface area contributed by atoms with E-state index in [4.69, 9.17) is 21.5 Å². The Morgan fingerprint density at radius 3 is 2.74 bits per heavy atom. The van der Waals surface area contributed by atoms with Crippen LogP contribution in [0.3, 0.4) is 0 Å². The minimum Gasteiger partial charge on any atom is -0.494 e. The third-order valence-electron chi connectivity index (χ3n) is 3.52. The van der Waals surface area contributed by atoms with Crippen LogP contribution in [0.5, 0.6) is 5.75 Å². The van der Waals surface area contributed by atoms with Crippen molar-refractivity contribution in [2.75, 3.05) is 30.8 Å². The summed E-state index contributed by atoms with van der Waals surface area (Å²) in [7, 11) is 1.33. The number of carbonyl (C=O) groups is 1. The fraction of sp³-hybridized carbons (Fsp3) is 0.167. The van der Waals surface area contributed by atoms with Gasteiger partial charge in [0.1, 0.15) is 0 Å². The number of carbonyl (C=O) groups excluding carboxylic acids is 1. The summed E-state index contributed by atoms with van der Waals surface area (Å²) in [4.78, 5) is 16.5. The fourth-order valence-electron chi connectivity index (χ4n) is 2.27. The molecular weight excluding hydrogens is 351 g/mol. The summed E-state index contributed by atoms with van der Waals surface area (Å²) in [5.74, 6) is -1.02. The molecule has 0 aromatic heterocycles. The van der Waals surface area contributed by atoms with Gasteiger partial charge in [0.15, 0.2) is 17.5 Å². The van der Waals surface area contributed by atoms with Gasteiger partial charge in [0.25, 0.3) is 5.91 Å². The summed E-state index contributed by atoms with van der Waals surface area (Å²) in [6, 6.07) is 10.6. The van der Waals surface area contributed by atoms with Crippen LogP contribution < -0.4 is 26.8 Å². The van der Waals surface area contributed by atoms with Crippen molar-refractivity contribution < 1.29 is 13.9 Å². The predicted molar refractivity (Wildman–Crippen MR) is 101 cm³/mol. The second-order valence-electron chi connectivity index (χ2n) is 5.41. The van der Waals surface area contributed by atoms with Crippen molar-refractivity contribution in [3.8, 4) is 11.8 Å². The van der Waals surface area contributed by atoms with Gasteiger partial charge in [-0.15, -0.1) is 0 Å². The van der Waals surface area contributed by atoms with Crippen molar-refractivity contribution in [1.29, 1.82) is 5.26 Å². The molecule has 0 aliphatic carbocycles. The predicted octanol–water partition coefficient (Wildman–Crippen LogP) is 1.64. The zero-order valence-corrected chi connectivity index (χ0v) is 14.6. The van der Waals surface area contributed by atoms with Crippen molar-refractivity contribution in [3.05, 3.63) is 53.3 Å². The van der Waals surface area contributed by atoms with Crippen LogP contribution in [-0.2, 0) is 0 Å². The number of methoxy groups -OCH3 is 1. The number of nitrogens with two attached hydrogens (primary N) is 2. The molecule has 0 spiro atoms. The van der Waals surface area contributed by atoms with E-state index in [1.54, 1.807) is 12.1 Å². The highest BCUT2D eigenvalue weighted by Gasteiger charge is 2.14. The third-order valence-corrected chi connectivity index (χ3v) is 3.52. The number of guanidine groups is 1. The number of benzene rings is 2. The van der Waals surface area contributed by atoms with Crippen LogP contribution in [0, 0.1) is 17.1 Å². The zero-order valence-electron chi connectivity index (χ0n) is 14.6. The van der Waals surface area contributed by atoms with E-state index in [1.165, 1.54) is 31.4 Å². The van der Waals surface area contributed by atoms with Gasteiger partial charge >= 0.3 is 0 Å². The molecule has 0 atom stereocenters. The average Bonchev–Trinajstić information content (AvgIpc) is 2.66. The highest BCUT2D eigenvalue weighted by atomic mass is 19.1. The van der Waals surface area contributed by atoms with E-state index >= 15 is 0 Å². The Hall–Kier alpha value is -3.80. The largest absolute Gasteiger partial charge is 0.494 e. The molecule has 2 aromatic carbocycles. The first-order chi connectivity index (χ1) is 12.9. The molecule has 9 heteroatoms. The molecule has 140 valence electrons. The highest BCUT2D eigenvalue weighted by molar-refractivity contribution is 6.08. The van der Waals surface area contributed by atoms with Crippen molar-refractivity contribution in [2.24, 2.45) is 16.5 Å². The summed E-state index contributed by atoms with van der Waals surface area (Å²) < 4.78 is 18.4. The molecule has 6 N–H and O–H groups in total. The van der Waals surface area contributed by atoms with E-state index in [2.05, 4.69) is 15.6 Å². The number of hydrogen-bond acceptors (Lipinski definition) is 5. The van der Waals surface area contributed by atoms with Crippen LogP contribution in [0.2, 0.25) is 0 Å². The van der Waals surface area contributed by atoms with Gasteiger partial charge in [-0.25, -0.2) is 4.39 Å². The topological polar surface area (TPSA) is 139 Å². The lowest BCUT2D eigenvalue weighted by Gasteiger charge is -2.13. The Morgan fingerprint density at radius 2 is 2.07 bits per heavy atom. The van der Waals surface area contributed by atoms with Gasteiger partial charge in [0.05, 0.1) is 30.9 Å². The SMILES string of the molecule is COc1cc(NC(=O)c2cc(C#N)ccc2NCCN=C(N)N)ccc1F. The Morgan fingerprint density at radius 1 is 1.30 bits per heavy atom. The van der Waals surface area contributed by atoms with Gasteiger partial charge in [-0.3, -0.25) is 9.79 Å². The lowest BCUT2D eigenvalue weighted by molar-refractivity contribution is 0.102. The molecule has 27 heavy (non-hydrogen) atoms. The van der Waals surface area contributed by atoms with Gasteiger partial charge in [-0.1, -0.05) is 0 Å². The van der Waals surface area contributed by atoms with Crippen LogP contribution in [0.4, 0.5) is 15.8 Å². The lowest BCUT2D eigenvalue weighted by Crippen LogP contribution is -2.24. The Labute approximate surface area is 155 Å². The monoisotopic (exact) mass is 370 g/mol. The van der Waals surface area contributed by atoms with E-state index in [1.807, 2.05) is 6.07 Å². The molecule has 8 nitrogen and oxygen atoms in total.